The fourth-order valence-corrected chi connectivity index (χ4v) is 1.20. The summed E-state index contributed by atoms with van der Waals surface area (Å²) in [5.74, 6) is 0. The first kappa shape index (κ1) is 9.71. The molecule has 0 aliphatic heterocycles. The maximum absolute atomic E-state index is 8.33. The van der Waals surface area contributed by atoms with Crippen molar-refractivity contribution in [3.05, 3.63) is 34.2 Å². The summed E-state index contributed by atoms with van der Waals surface area (Å²) in [5, 5.41) is 3.62. The smallest absolute Gasteiger partial charge is 0.00867 e. The van der Waals surface area contributed by atoms with Gasteiger partial charge < -0.3 is 4.90 Å². The van der Waals surface area contributed by atoms with Gasteiger partial charge in [-0.05, 0) is 31.5 Å². The number of azide groups is 1. The molecule has 1 rings (SSSR count). The summed E-state index contributed by atoms with van der Waals surface area (Å²) in [6, 6.07) is 5.98. The van der Waals surface area contributed by atoms with Crippen LogP contribution in [0.4, 0.5) is 5.69 Å². The Hall–Kier alpha value is -1.38. The van der Waals surface area contributed by atoms with Gasteiger partial charge in [0, 0.05) is 6.04 Å². The number of hydrogen-bond acceptors (Lipinski definition) is 2. The molecular weight excluding hydrogens is 164 g/mol. The topological polar surface area (TPSA) is 52.0 Å². The van der Waals surface area contributed by atoms with Crippen molar-refractivity contribution >= 4 is 5.69 Å². The molecule has 0 amide bonds. The van der Waals surface area contributed by atoms with Gasteiger partial charge in [0.05, 0.1) is 0 Å². The zero-order valence-corrected chi connectivity index (χ0v) is 8.10. The SMILES string of the molecule is C[C@H](c1ccc[c-]1N=[N+]=[N-])N(C)C. The van der Waals surface area contributed by atoms with Crippen LogP contribution in [0.15, 0.2) is 23.3 Å². The zero-order valence-electron chi connectivity index (χ0n) is 8.10. The summed E-state index contributed by atoms with van der Waals surface area (Å²) in [5.41, 5.74) is 10.1. The third-order valence-electron chi connectivity index (χ3n) is 2.20. The van der Waals surface area contributed by atoms with Crippen LogP contribution >= 0.6 is 0 Å². The molecular formula is C9H13N4-. The van der Waals surface area contributed by atoms with Gasteiger partial charge in [-0.2, -0.15) is 6.07 Å². The molecule has 70 valence electrons. The standard InChI is InChI=1S/C9H13N4/c1-7(13(2)3)8-5-4-6-9(8)11-12-10/h4-7H,1-3H3/q-1/t7-/m1/s1. The molecule has 0 saturated heterocycles. The van der Waals surface area contributed by atoms with E-state index in [1.807, 2.05) is 32.3 Å². The quantitative estimate of drug-likeness (QED) is 0.303. The summed E-state index contributed by atoms with van der Waals surface area (Å²) in [7, 11) is 4.00. The molecule has 13 heavy (non-hydrogen) atoms. The van der Waals surface area contributed by atoms with Crippen LogP contribution in [0.25, 0.3) is 10.4 Å². The van der Waals surface area contributed by atoms with Crippen molar-refractivity contribution < 1.29 is 0 Å². The molecule has 0 radical (unpaired) electrons. The van der Waals surface area contributed by atoms with Gasteiger partial charge in [-0.3, -0.25) is 0 Å². The molecule has 0 aliphatic rings. The predicted octanol–water partition coefficient (Wildman–Crippen LogP) is 2.97. The molecule has 0 unspecified atom stereocenters. The van der Waals surface area contributed by atoms with Crippen LogP contribution < -0.4 is 0 Å². The van der Waals surface area contributed by atoms with Crippen molar-refractivity contribution in [2.24, 2.45) is 5.11 Å². The highest BCUT2D eigenvalue weighted by Crippen LogP contribution is 2.29. The Balaban J connectivity index is 2.99. The van der Waals surface area contributed by atoms with E-state index in [4.69, 9.17) is 5.53 Å². The number of hydrogen-bond donors (Lipinski definition) is 0. The summed E-state index contributed by atoms with van der Waals surface area (Å²) in [4.78, 5) is 4.86. The minimum atomic E-state index is 0.274. The Kier molecular flexibility index (Phi) is 3.01. The average molecular weight is 177 g/mol. The van der Waals surface area contributed by atoms with Gasteiger partial charge in [0.2, 0.25) is 0 Å². The summed E-state index contributed by atoms with van der Waals surface area (Å²) in [6.07, 6.45) is 0. The van der Waals surface area contributed by atoms with Crippen LogP contribution in [0.2, 0.25) is 0 Å². The second kappa shape index (κ2) is 4.03. The fraction of sp³-hybridized carbons (Fsp3) is 0.444. The van der Waals surface area contributed by atoms with E-state index in [0.29, 0.717) is 0 Å². The van der Waals surface area contributed by atoms with Crippen molar-refractivity contribution in [1.29, 1.82) is 0 Å². The van der Waals surface area contributed by atoms with Crippen LogP contribution in [-0.4, -0.2) is 19.0 Å². The van der Waals surface area contributed by atoms with E-state index in [9.17, 15) is 0 Å². The molecule has 4 heteroatoms. The van der Waals surface area contributed by atoms with Crippen LogP contribution in [-0.2, 0) is 0 Å². The highest BCUT2D eigenvalue weighted by molar-refractivity contribution is 5.49. The minimum absolute atomic E-state index is 0.274. The maximum Gasteiger partial charge on any atom is 0.00867 e. The Morgan fingerprint density at radius 2 is 2.31 bits per heavy atom. The lowest BCUT2D eigenvalue weighted by Crippen LogP contribution is -2.16. The van der Waals surface area contributed by atoms with Crippen LogP contribution in [0.3, 0.4) is 0 Å². The highest BCUT2D eigenvalue weighted by atomic mass is 15.1. The van der Waals surface area contributed by atoms with Gasteiger partial charge in [0.25, 0.3) is 0 Å². The Bertz CT molecular complexity index is 320. The van der Waals surface area contributed by atoms with E-state index in [2.05, 4.69) is 21.8 Å². The molecule has 1 aromatic carbocycles. The van der Waals surface area contributed by atoms with E-state index < -0.39 is 0 Å². The summed E-state index contributed by atoms with van der Waals surface area (Å²) in [6.45, 7) is 2.08. The zero-order chi connectivity index (χ0) is 9.84. The summed E-state index contributed by atoms with van der Waals surface area (Å²) < 4.78 is 0. The van der Waals surface area contributed by atoms with Gasteiger partial charge in [0.1, 0.15) is 0 Å². The largest absolute Gasteiger partial charge is 0.305 e. The molecule has 1 aromatic rings. The van der Waals surface area contributed by atoms with Gasteiger partial charge in [0.15, 0.2) is 0 Å². The highest BCUT2D eigenvalue weighted by Gasteiger charge is 2.05. The van der Waals surface area contributed by atoms with Gasteiger partial charge in [-0.15, -0.1) is 10.7 Å². The van der Waals surface area contributed by atoms with E-state index in [1.54, 1.807) is 0 Å². The van der Waals surface area contributed by atoms with Gasteiger partial charge in [-0.1, -0.05) is 5.69 Å². The molecule has 0 fully saturated rings. The molecule has 0 heterocycles. The van der Waals surface area contributed by atoms with Crippen LogP contribution in [0.5, 0.6) is 0 Å². The van der Waals surface area contributed by atoms with Crippen molar-refractivity contribution in [1.82, 2.24) is 4.90 Å². The second-order valence-electron chi connectivity index (χ2n) is 3.20. The first-order valence-corrected chi connectivity index (χ1v) is 4.14. The maximum atomic E-state index is 8.33. The van der Waals surface area contributed by atoms with E-state index in [-0.39, 0.29) is 6.04 Å². The first-order valence-electron chi connectivity index (χ1n) is 4.14. The van der Waals surface area contributed by atoms with Gasteiger partial charge in [-0.25, -0.2) is 12.1 Å². The lowest BCUT2D eigenvalue weighted by molar-refractivity contribution is 0.322. The Morgan fingerprint density at radius 1 is 1.62 bits per heavy atom. The lowest BCUT2D eigenvalue weighted by atomic mass is 10.1. The average Bonchev–Trinajstić information content (AvgIpc) is 2.52. The molecule has 0 spiro atoms. The van der Waals surface area contributed by atoms with Crippen molar-refractivity contribution in [3.63, 3.8) is 0 Å². The first-order chi connectivity index (χ1) is 6.16. The molecule has 0 aliphatic carbocycles. The molecule has 0 bridgehead atoms. The Morgan fingerprint density at radius 3 is 2.85 bits per heavy atom. The monoisotopic (exact) mass is 177 g/mol. The van der Waals surface area contributed by atoms with Gasteiger partial charge >= 0.3 is 0 Å². The van der Waals surface area contributed by atoms with Crippen LogP contribution in [0, 0.1) is 0 Å². The van der Waals surface area contributed by atoms with E-state index in [1.165, 1.54) is 0 Å². The van der Waals surface area contributed by atoms with E-state index in [0.717, 1.165) is 11.3 Å². The number of rotatable bonds is 3. The van der Waals surface area contributed by atoms with Crippen molar-refractivity contribution in [2.75, 3.05) is 14.1 Å². The molecule has 0 saturated carbocycles. The van der Waals surface area contributed by atoms with E-state index >= 15 is 0 Å². The second-order valence-corrected chi connectivity index (χ2v) is 3.20. The minimum Gasteiger partial charge on any atom is -0.305 e. The molecule has 0 N–H and O–H groups in total. The van der Waals surface area contributed by atoms with Crippen LogP contribution in [0.1, 0.15) is 18.5 Å². The van der Waals surface area contributed by atoms with Crippen molar-refractivity contribution in [3.8, 4) is 0 Å². The predicted molar refractivity (Wildman–Crippen MR) is 52.9 cm³/mol. The third kappa shape index (κ3) is 2.05. The Labute approximate surface area is 77.8 Å². The lowest BCUT2D eigenvalue weighted by Gasteiger charge is -2.23. The third-order valence-corrected chi connectivity index (χ3v) is 2.20. The molecule has 4 nitrogen and oxygen atoms in total. The normalized spacial score (nSPS) is 12.6. The number of nitrogens with zero attached hydrogens (tertiary/aromatic N) is 4. The summed E-state index contributed by atoms with van der Waals surface area (Å²) >= 11 is 0. The molecule has 1 atom stereocenters. The fourth-order valence-electron chi connectivity index (χ4n) is 1.20. The molecule has 0 aromatic heterocycles. The van der Waals surface area contributed by atoms with Crippen molar-refractivity contribution in [2.45, 2.75) is 13.0 Å².